The standard InChI is InChI=1S/C36H33N7S/c1-6-35(7-2)36(43-32(26-13-10-11-21-41(26)35)39-33(40-43)34(3,4)5)23-15-18-28-29(22-12-8-9-14-27(22)44-28)30(23)25-17-16-24-31(42(25)36)38-20-19-37-24/h8-21H,6-7H2,1-5H3/q+2. The number of pyridine rings is 2. The molecule has 0 saturated carbocycles. The second-order valence-corrected chi connectivity index (χ2v) is 14.2. The summed E-state index contributed by atoms with van der Waals surface area (Å²) in [6.45, 7) is 11.2. The molecule has 7 heterocycles. The molecule has 0 aliphatic carbocycles. The fourth-order valence-electron chi connectivity index (χ4n) is 8.13. The van der Waals surface area contributed by atoms with Crippen LogP contribution in [0, 0.1) is 0 Å². The maximum absolute atomic E-state index is 5.51. The van der Waals surface area contributed by atoms with Crippen LogP contribution in [-0.4, -0.2) is 24.7 Å². The van der Waals surface area contributed by atoms with Crippen molar-refractivity contribution in [2.45, 2.75) is 64.1 Å². The summed E-state index contributed by atoms with van der Waals surface area (Å²) in [5.41, 5.74) is 4.89. The number of aromatic nitrogens is 7. The van der Waals surface area contributed by atoms with Crippen LogP contribution in [0.5, 0.6) is 0 Å². The smallest absolute Gasteiger partial charge is 0.244 e. The first-order chi connectivity index (χ1) is 21.3. The Morgan fingerprint density at radius 3 is 2.45 bits per heavy atom. The summed E-state index contributed by atoms with van der Waals surface area (Å²) in [6.07, 6.45) is 7.56. The lowest BCUT2D eigenvalue weighted by atomic mass is 9.72. The highest BCUT2D eigenvalue weighted by Crippen LogP contribution is 2.55. The summed E-state index contributed by atoms with van der Waals surface area (Å²) in [5.74, 6) is 1.70. The summed E-state index contributed by atoms with van der Waals surface area (Å²) in [4.78, 5) is 15.2. The van der Waals surface area contributed by atoms with Crippen LogP contribution in [0.2, 0.25) is 0 Å². The average Bonchev–Trinajstić information content (AvgIpc) is 3.74. The van der Waals surface area contributed by atoms with E-state index in [1.165, 1.54) is 31.3 Å². The van der Waals surface area contributed by atoms with Gasteiger partial charge in [-0.1, -0.05) is 52.8 Å². The Bertz CT molecular complexity index is 2320. The van der Waals surface area contributed by atoms with Gasteiger partial charge in [0.2, 0.25) is 11.4 Å². The average molecular weight is 596 g/mol. The maximum atomic E-state index is 5.51. The van der Waals surface area contributed by atoms with Crippen LogP contribution in [0.4, 0.5) is 0 Å². The third-order valence-electron chi connectivity index (χ3n) is 10.0. The van der Waals surface area contributed by atoms with Crippen molar-refractivity contribution in [2.75, 3.05) is 0 Å². The quantitative estimate of drug-likeness (QED) is 0.204. The minimum Gasteiger partial charge on any atom is -0.244 e. The van der Waals surface area contributed by atoms with E-state index in [-0.39, 0.29) is 5.41 Å². The number of nitrogens with zero attached hydrogens (tertiary/aromatic N) is 7. The van der Waals surface area contributed by atoms with Gasteiger partial charge in [-0.3, -0.25) is 0 Å². The summed E-state index contributed by atoms with van der Waals surface area (Å²) < 4.78 is 9.79. The van der Waals surface area contributed by atoms with E-state index in [1.54, 1.807) is 6.20 Å². The molecule has 0 amide bonds. The van der Waals surface area contributed by atoms with Gasteiger partial charge in [0.1, 0.15) is 5.69 Å². The Hall–Kier alpha value is -4.56. The molecule has 2 aromatic carbocycles. The van der Waals surface area contributed by atoms with Crippen molar-refractivity contribution >= 4 is 42.7 Å². The van der Waals surface area contributed by atoms with Gasteiger partial charge in [-0.2, -0.15) is 18.9 Å². The first-order valence-electron chi connectivity index (χ1n) is 15.5. The highest BCUT2D eigenvalue weighted by atomic mass is 32.1. The largest absolute Gasteiger partial charge is 0.351 e. The van der Waals surface area contributed by atoms with E-state index < -0.39 is 11.2 Å². The summed E-state index contributed by atoms with van der Waals surface area (Å²) in [7, 11) is 0. The summed E-state index contributed by atoms with van der Waals surface area (Å²) in [6, 6.07) is 24.3. The van der Waals surface area contributed by atoms with E-state index in [2.05, 4.69) is 121 Å². The first kappa shape index (κ1) is 25.9. The molecule has 0 N–H and O–H groups in total. The van der Waals surface area contributed by atoms with Gasteiger partial charge in [0, 0.05) is 61.7 Å². The SMILES string of the molecule is CCC1(CC)[n+]2ccccc2-c2nc(C(C)(C)C)nn2C12c1ccc3sc4ccccc4c3c1-c1ccc3nccnc3[n+]12. The number of fused-ring (bicyclic) bond motifs is 15. The Morgan fingerprint density at radius 1 is 0.841 bits per heavy atom. The molecule has 44 heavy (non-hydrogen) atoms. The van der Waals surface area contributed by atoms with Crippen molar-refractivity contribution in [3.05, 3.63) is 96.7 Å². The zero-order chi connectivity index (χ0) is 30.0. The Morgan fingerprint density at radius 2 is 1.64 bits per heavy atom. The van der Waals surface area contributed by atoms with E-state index in [0.29, 0.717) is 0 Å². The third kappa shape index (κ3) is 2.88. The first-order valence-corrected chi connectivity index (χ1v) is 16.3. The van der Waals surface area contributed by atoms with Crippen LogP contribution >= 0.6 is 11.3 Å². The van der Waals surface area contributed by atoms with Crippen molar-refractivity contribution < 1.29 is 9.13 Å². The Kier molecular flexibility index (Phi) is 5.03. The number of thiophene rings is 1. The van der Waals surface area contributed by atoms with E-state index >= 15 is 0 Å². The number of hydrogen-bond acceptors (Lipinski definition) is 5. The highest BCUT2D eigenvalue weighted by molar-refractivity contribution is 7.25. The molecule has 2 aliphatic rings. The lowest BCUT2D eigenvalue weighted by Gasteiger charge is -2.44. The zero-order valence-electron chi connectivity index (χ0n) is 25.5. The normalized spacial score (nSPS) is 18.1. The molecule has 9 rings (SSSR count). The number of hydrogen-bond donors (Lipinski definition) is 0. The lowest BCUT2D eigenvalue weighted by Crippen LogP contribution is -2.81. The second kappa shape index (κ2) is 8.54. The molecule has 1 spiro atoms. The molecule has 7 aromatic rings. The van der Waals surface area contributed by atoms with Gasteiger partial charge in [-0.05, 0) is 41.4 Å². The van der Waals surface area contributed by atoms with Crippen molar-refractivity contribution in [3.63, 3.8) is 0 Å². The van der Waals surface area contributed by atoms with E-state index in [0.717, 1.165) is 47.0 Å². The molecule has 1 unspecified atom stereocenters. The maximum Gasteiger partial charge on any atom is 0.351 e. The van der Waals surface area contributed by atoms with E-state index in [4.69, 9.17) is 20.1 Å². The van der Waals surface area contributed by atoms with Crippen LogP contribution in [-0.2, 0) is 16.6 Å². The third-order valence-corrected chi connectivity index (χ3v) is 11.1. The summed E-state index contributed by atoms with van der Waals surface area (Å²) in [5, 5.41) is 8.08. The molecular weight excluding hydrogens is 563 g/mol. The van der Waals surface area contributed by atoms with Gasteiger partial charge >= 0.3 is 5.65 Å². The molecule has 0 saturated heterocycles. The molecule has 1 atom stereocenters. The van der Waals surface area contributed by atoms with Gasteiger partial charge in [0.25, 0.3) is 11.4 Å². The molecule has 0 bridgehead atoms. The van der Waals surface area contributed by atoms with Gasteiger partial charge in [-0.15, -0.1) is 11.3 Å². The van der Waals surface area contributed by atoms with Crippen LogP contribution in [0.1, 0.15) is 58.8 Å². The molecule has 0 fully saturated rings. The van der Waals surface area contributed by atoms with Crippen molar-refractivity contribution in [2.24, 2.45) is 0 Å². The number of benzene rings is 2. The van der Waals surface area contributed by atoms with Crippen LogP contribution in [0.15, 0.2) is 85.3 Å². The van der Waals surface area contributed by atoms with Crippen molar-refractivity contribution in [1.82, 2.24) is 24.7 Å². The highest BCUT2D eigenvalue weighted by Gasteiger charge is 2.73. The summed E-state index contributed by atoms with van der Waals surface area (Å²) >= 11 is 1.86. The number of rotatable bonds is 2. The second-order valence-electron chi connectivity index (χ2n) is 13.1. The molecule has 0 radical (unpaired) electrons. The molecule has 8 heteroatoms. The van der Waals surface area contributed by atoms with Crippen molar-refractivity contribution in [3.8, 4) is 22.8 Å². The molecule has 216 valence electrons. The minimum absolute atomic E-state index is 0.243. The van der Waals surface area contributed by atoms with Crippen LogP contribution < -0.4 is 9.13 Å². The van der Waals surface area contributed by atoms with Crippen LogP contribution in [0.25, 0.3) is 54.1 Å². The van der Waals surface area contributed by atoms with E-state index in [9.17, 15) is 0 Å². The van der Waals surface area contributed by atoms with Crippen LogP contribution in [0.3, 0.4) is 0 Å². The van der Waals surface area contributed by atoms with Gasteiger partial charge < -0.3 is 0 Å². The molecule has 5 aromatic heterocycles. The van der Waals surface area contributed by atoms with E-state index in [1.807, 2.05) is 17.5 Å². The molecule has 7 nitrogen and oxygen atoms in total. The van der Waals surface area contributed by atoms with Gasteiger partial charge in [-0.25, -0.2) is 9.97 Å². The monoisotopic (exact) mass is 595 g/mol. The fourth-order valence-corrected chi connectivity index (χ4v) is 9.24. The molecule has 2 aliphatic heterocycles. The van der Waals surface area contributed by atoms with Crippen molar-refractivity contribution in [1.29, 1.82) is 0 Å². The van der Waals surface area contributed by atoms with Gasteiger partial charge in [0.05, 0.1) is 6.20 Å². The lowest BCUT2D eigenvalue weighted by molar-refractivity contribution is -0.862. The zero-order valence-corrected chi connectivity index (χ0v) is 26.4. The predicted molar refractivity (Wildman–Crippen MR) is 173 cm³/mol. The minimum atomic E-state index is -0.807. The molecular formula is C36H33N7S+2. The topological polar surface area (TPSA) is 64.2 Å². The van der Waals surface area contributed by atoms with Gasteiger partial charge in [0.15, 0.2) is 23.7 Å². The Labute approximate surface area is 259 Å². The predicted octanol–water partition coefficient (Wildman–Crippen LogP) is 6.89. The fraction of sp³-hybridized carbons (Fsp3) is 0.278. The Balaban J connectivity index is 1.59.